The third-order valence-electron chi connectivity index (χ3n) is 5.71. The van der Waals surface area contributed by atoms with Crippen LogP contribution in [0.15, 0.2) is 47.3 Å². The Labute approximate surface area is 179 Å². The maximum atomic E-state index is 13.2. The van der Waals surface area contributed by atoms with Crippen molar-refractivity contribution in [1.29, 1.82) is 0 Å². The van der Waals surface area contributed by atoms with Crippen LogP contribution in [0.2, 0.25) is 0 Å². The number of likely N-dealkylation sites (tertiary alicyclic amines) is 1. The monoisotopic (exact) mass is 439 g/mol. The molecule has 9 nitrogen and oxygen atoms in total. The van der Waals surface area contributed by atoms with E-state index in [4.69, 9.17) is 4.74 Å². The predicted octanol–water partition coefficient (Wildman–Crippen LogP) is 1.71. The number of nitrogens with zero attached hydrogens (tertiary/aromatic N) is 5. The lowest BCUT2D eigenvalue weighted by Gasteiger charge is -2.34. The number of aromatic nitrogens is 4. The van der Waals surface area contributed by atoms with Gasteiger partial charge in [0.1, 0.15) is 23.6 Å². The fourth-order valence-electron chi connectivity index (χ4n) is 4.27. The third kappa shape index (κ3) is 3.56. The number of para-hydroxylation sites is 1. The summed E-state index contributed by atoms with van der Waals surface area (Å²) in [7, 11) is -3.53. The zero-order chi connectivity index (χ0) is 21.6. The van der Waals surface area contributed by atoms with E-state index in [0.29, 0.717) is 30.1 Å². The van der Waals surface area contributed by atoms with Gasteiger partial charge < -0.3 is 9.64 Å². The number of sulfone groups is 1. The first-order valence-electron chi connectivity index (χ1n) is 10.0. The number of amides is 1. The van der Waals surface area contributed by atoms with E-state index in [9.17, 15) is 13.2 Å². The van der Waals surface area contributed by atoms with E-state index in [-0.39, 0.29) is 23.3 Å². The lowest BCUT2D eigenvalue weighted by molar-refractivity contribution is -0.128. The number of hydrogen-bond donors (Lipinski definition) is 0. The van der Waals surface area contributed by atoms with Crippen molar-refractivity contribution in [3.8, 4) is 5.75 Å². The average Bonchev–Trinajstić information content (AvgIpc) is 3.26. The summed E-state index contributed by atoms with van der Waals surface area (Å²) >= 11 is 0. The van der Waals surface area contributed by atoms with Crippen molar-refractivity contribution in [2.24, 2.45) is 0 Å². The highest BCUT2D eigenvalue weighted by Crippen LogP contribution is 2.33. The zero-order valence-electron chi connectivity index (χ0n) is 16.9. The number of hydrogen-bond acceptors (Lipinski definition) is 7. The molecule has 0 spiro atoms. The number of carbonyl (C=O) groups excluding carboxylic acids is 1. The number of carbonyl (C=O) groups is 1. The molecule has 1 aromatic carbocycles. The molecule has 10 heteroatoms. The van der Waals surface area contributed by atoms with Gasteiger partial charge in [-0.3, -0.25) is 4.79 Å². The molecule has 1 fully saturated rings. The number of benzene rings is 1. The highest BCUT2D eigenvalue weighted by atomic mass is 32.2. The van der Waals surface area contributed by atoms with Crippen molar-refractivity contribution in [2.45, 2.75) is 23.7 Å². The molecule has 2 aliphatic rings. The van der Waals surface area contributed by atoms with Crippen LogP contribution < -0.4 is 4.74 Å². The van der Waals surface area contributed by atoms with E-state index < -0.39 is 9.84 Å². The quantitative estimate of drug-likeness (QED) is 0.611. The largest absolute Gasteiger partial charge is 0.488 e. The lowest BCUT2D eigenvalue weighted by Crippen LogP contribution is -2.41. The van der Waals surface area contributed by atoms with Crippen molar-refractivity contribution >= 4 is 27.6 Å². The van der Waals surface area contributed by atoms with Crippen LogP contribution in [0.1, 0.15) is 30.0 Å². The molecular formula is C21H21N5O4S. The first-order chi connectivity index (χ1) is 14.9. The summed E-state index contributed by atoms with van der Waals surface area (Å²) in [5.41, 5.74) is 1.99. The molecule has 0 bridgehead atoms. The molecule has 5 rings (SSSR count). The Morgan fingerprint density at radius 2 is 2.06 bits per heavy atom. The maximum absolute atomic E-state index is 13.2. The predicted molar refractivity (Wildman–Crippen MR) is 112 cm³/mol. The second kappa shape index (κ2) is 7.45. The van der Waals surface area contributed by atoms with Crippen molar-refractivity contribution in [2.75, 3.05) is 26.0 Å². The third-order valence-corrected chi connectivity index (χ3v) is 6.82. The first kappa shape index (κ1) is 19.7. The number of piperidine rings is 1. The summed E-state index contributed by atoms with van der Waals surface area (Å²) in [5, 5.41) is 4.20. The van der Waals surface area contributed by atoms with E-state index in [1.54, 1.807) is 4.90 Å². The zero-order valence-corrected chi connectivity index (χ0v) is 17.7. The van der Waals surface area contributed by atoms with Crippen LogP contribution in [-0.4, -0.2) is 64.8 Å². The van der Waals surface area contributed by atoms with Gasteiger partial charge in [0.05, 0.1) is 17.5 Å². The standard InChI is InChI=1S/C21H21N5O4S/c1-31(28,29)18-10-22-21-23-13-24-26(21)19(18)15-6-4-8-25(11-15)20(27)16-9-14-5-2-3-7-17(14)30-12-16/h2-3,5,7,9-10,13,15H,4,6,8,11-12H2,1H3. The summed E-state index contributed by atoms with van der Waals surface area (Å²) in [6, 6.07) is 7.59. The molecule has 0 radical (unpaired) electrons. The van der Waals surface area contributed by atoms with Crippen LogP contribution in [0.4, 0.5) is 0 Å². The van der Waals surface area contributed by atoms with Gasteiger partial charge in [0.15, 0.2) is 9.84 Å². The fourth-order valence-corrected chi connectivity index (χ4v) is 5.14. The van der Waals surface area contributed by atoms with Gasteiger partial charge in [-0.15, -0.1) is 0 Å². The Kier molecular flexibility index (Phi) is 4.73. The molecule has 1 amide bonds. The molecule has 3 aromatic rings. The molecular weight excluding hydrogens is 418 g/mol. The molecule has 4 heterocycles. The highest BCUT2D eigenvalue weighted by Gasteiger charge is 2.32. The molecule has 1 atom stereocenters. The topological polar surface area (TPSA) is 107 Å². The van der Waals surface area contributed by atoms with Gasteiger partial charge in [-0.1, -0.05) is 18.2 Å². The van der Waals surface area contributed by atoms with E-state index in [1.165, 1.54) is 17.0 Å². The molecule has 31 heavy (non-hydrogen) atoms. The maximum Gasteiger partial charge on any atom is 0.253 e. The summed E-state index contributed by atoms with van der Waals surface area (Å²) < 4.78 is 32.1. The van der Waals surface area contributed by atoms with Gasteiger partial charge in [0.25, 0.3) is 11.7 Å². The SMILES string of the molecule is CS(=O)(=O)c1cnc2ncnn2c1C1CCCN(C(=O)C2=Cc3ccccc3OC2)C1. The van der Waals surface area contributed by atoms with Gasteiger partial charge in [0, 0.05) is 30.8 Å². The van der Waals surface area contributed by atoms with Gasteiger partial charge in [0.2, 0.25) is 0 Å². The van der Waals surface area contributed by atoms with Crippen molar-refractivity contribution in [1.82, 2.24) is 24.5 Å². The summed E-state index contributed by atoms with van der Waals surface area (Å²) in [4.78, 5) is 23.3. The van der Waals surface area contributed by atoms with Crippen LogP contribution >= 0.6 is 0 Å². The second-order valence-corrected chi connectivity index (χ2v) is 9.82. The summed E-state index contributed by atoms with van der Waals surface area (Å²) in [6.45, 7) is 1.21. The molecule has 0 N–H and O–H groups in total. The Morgan fingerprint density at radius 1 is 1.23 bits per heavy atom. The van der Waals surface area contributed by atoms with Crippen LogP contribution in [0, 0.1) is 0 Å². The summed E-state index contributed by atoms with van der Waals surface area (Å²) in [5.74, 6) is 0.806. The number of fused-ring (bicyclic) bond motifs is 2. The van der Waals surface area contributed by atoms with Crippen LogP contribution in [0.25, 0.3) is 11.9 Å². The summed E-state index contributed by atoms with van der Waals surface area (Å²) in [6.07, 6.45) is 7.21. The van der Waals surface area contributed by atoms with Crippen LogP contribution in [0.5, 0.6) is 5.75 Å². The van der Waals surface area contributed by atoms with Crippen LogP contribution in [0.3, 0.4) is 0 Å². The Morgan fingerprint density at radius 3 is 2.90 bits per heavy atom. The molecule has 1 unspecified atom stereocenters. The van der Waals surface area contributed by atoms with Crippen molar-refractivity contribution < 1.29 is 17.9 Å². The van der Waals surface area contributed by atoms with Gasteiger partial charge in [-0.2, -0.15) is 14.6 Å². The Balaban J connectivity index is 1.48. The highest BCUT2D eigenvalue weighted by molar-refractivity contribution is 7.90. The molecule has 160 valence electrons. The normalized spacial score (nSPS) is 18.9. The van der Waals surface area contributed by atoms with Gasteiger partial charge in [-0.05, 0) is 25.0 Å². The molecule has 0 saturated carbocycles. The Bertz CT molecular complexity index is 1310. The lowest BCUT2D eigenvalue weighted by atomic mass is 9.93. The van der Waals surface area contributed by atoms with E-state index in [2.05, 4.69) is 15.1 Å². The van der Waals surface area contributed by atoms with Crippen molar-refractivity contribution in [3.05, 3.63) is 53.6 Å². The smallest absolute Gasteiger partial charge is 0.253 e. The van der Waals surface area contributed by atoms with E-state index in [1.807, 2.05) is 30.3 Å². The van der Waals surface area contributed by atoms with Crippen LogP contribution in [-0.2, 0) is 14.6 Å². The van der Waals surface area contributed by atoms with E-state index in [0.717, 1.165) is 30.4 Å². The second-order valence-electron chi connectivity index (χ2n) is 7.84. The molecule has 0 aliphatic carbocycles. The Hall–Kier alpha value is -3.27. The van der Waals surface area contributed by atoms with E-state index >= 15 is 0 Å². The number of rotatable bonds is 3. The number of ether oxygens (including phenoxy) is 1. The molecule has 1 saturated heterocycles. The van der Waals surface area contributed by atoms with Crippen molar-refractivity contribution in [3.63, 3.8) is 0 Å². The first-order valence-corrected chi connectivity index (χ1v) is 11.9. The van der Waals surface area contributed by atoms with Gasteiger partial charge >= 0.3 is 0 Å². The fraction of sp³-hybridized carbons (Fsp3) is 0.333. The molecule has 2 aliphatic heterocycles. The minimum Gasteiger partial charge on any atom is -0.488 e. The average molecular weight is 439 g/mol. The minimum absolute atomic E-state index is 0.0935. The molecule has 2 aromatic heterocycles. The van der Waals surface area contributed by atoms with Gasteiger partial charge in [-0.25, -0.2) is 13.4 Å². The minimum atomic E-state index is -3.53.